The minimum atomic E-state index is 0. The van der Waals surface area contributed by atoms with Crippen LogP contribution in [-0.4, -0.2) is 39.9 Å². The van der Waals surface area contributed by atoms with E-state index in [0.717, 1.165) is 0 Å². The van der Waals surface area contributed by atoms with Crippen molar-refractivity contribution in [3.63, 3.8) is 0 Å². The first-order valence-electron chi connectivity index (χ1n) is 2.54. The summed E-state index contributed by atoms with van der Waals surface area (Å²) in [7, 11) is 0. The predicted molar refractivity (Wildman–Crippen MR) is 43.7 cm³/mol. The van der Waals surface area contributed by atoms with E-state index in [4.69, 9.17) is 0 Å². The molecule has 0 aliphatic heterocycles. The van der Waals surface area contributed by atoms with E-state index in [2.05, 4.69) is 47.2 Å². The minimum absolute atomic E-state index is 0. The van der Waals surface area contributed by atoms with Gasteiger partial charge >= 0.3 is 57.2 Å². The van der Waals surface area contributed by atoms with E-state index in [-0.39, 0.29) is 23.9 Å². The van der Waals surface area contributed by atoms with Gasteiger partial charge in [0.2, 0.25) is 0 Å². The molecule has 0 nitrogen and oxygen atoms in total. The molecular weight excluding hydrogens is 282 g/mol. The van der Waals surface area contributed by atoms with E-state index in [0.29, 0.717) is 0 Å². The average Bonchev–Trinajstić information content (AvgIpc) is 1.77. The summed E-state index contributed by atoms with van der Waals surface area (Å²) in [5.74, 6) is 0. The normalized spacial score (nSPS) is 8.22. The number of hydrogen-bond acceptors (Lipinski definition) is 0. The Kier molecular flexibility index (Phi) is 4.63. The summed E-state index contributed by atoms with van der Waals surface area (Å²) < 4.78 is 1.27. The van der Waals surface area contributed by atoms with Crippen molar-refractivity contribution < 1.29 is 0 Å². The van der Waals surface area contributed by atoms with Crippen LogP contribution in [0.2, 0.25) is 0 Å². The van der Waals surface area contributed by atoms with Gasteiger partial charge in [0, 0.05) is 23.9 Å². The van der Waals surface area contributed by atoms with Gasteiger partial charge in [-0.1, -0.05) is 0 Å². The van der Waals surface area contributed by atoms with Crippen molar-refractivity contribution in [2.24, 2.45) is 0 Å². The van der Waals surface area contributed by atoms with Crippen LogP contribution in [0, 0.1) is 6.92 Å². The van der Waals surface area contributed by atoms with Crippen LogP contribution in [0.3, 0.4) is 0 Å². The zero-order chi connectivity index (χ0) is 5.98. The molecule has 0 bridgehead atoms. The molecule has 0 atom stereocenters. The van der Waals surface area contributed by atoms with Crippen LogP contribution in [0.15, 0.2) is 24.3 Å². The molecule has 0 saturated carbocycles. The second-order valence-corrected chi connectivity index (χ2v) is 2.92. The molecule has 1 rings (SSSR count). The second kappa shape index (κ2) is 4.37. The summed E-state index contributed by atoms with van der Waals surface area (Å²) in [4.78, 5) is 0. The number of benzene rings is 1. The molecule has 0 aliphatic carbocycles. The Bertz CT molecular complexity index is 148. The molecular formula is C7H8SeSn. The zero-order valence-electron chi connectivity index (χ0n) is 5.26. The maximum atomic E-state index is 2.51. The van der Waals surface area contributed by atoms with Gasteiger partial charge in [0.15, 0.2) is 0 Å². The third-order valence-electron chi connectivity index (χ3n) is 1.03. The maximum absolute atomic E-state index is 2.51. The molecule has 2 heteroatoms. The van der Waals surface area contributed by atoms with E-state index in [1.807, 2.05) is 0 Å². The standard InChI is InChI=1S/C7H8Se.Sn/c1-6-2-4-7(8)5-3-6;/h2-5,8H,1H3;. The van der Waals surface area contributed by atoms with E-state index >= 15 is 0 Å². The van der Waals surface area contributed by atoms with Gasteiger partial charge in [-0.3, -0.25) is 0 Å². The number of aryl methyl sites for hydroxylation is 1. The van der Waals surface area contributed by atoms with E-state index < -0.39 is 0 Å². The van der Waals surface area contributed by atoms with Crippen molar-refractivity contribution in [2.45, 2.75) is 6.92 Å². The van der Waals surface area contributed by atoms with Crippen molar-refractivity contribution in [1.29, 1.82) is 0 Å². The molecule has 0 spiro atoms. The molecule has 0 saturated heterocycles. The fraction of sp³-hybridized carbons (Fsp3) is 0.143. The van der Waals surface area contributed by atoms with Gasteiger partial charge in [-0.2, -0.15) is 0 Å². The molecule has 0 heterocycles. The number of rotatable bonds is 0. The smallest absolute Gasteiger partial charge is 0 e. The van der Waals surface area contributed by atoms with Crippen LogP contribution in [0.4, 0.5) is 0 Å². The third-order valence-corrected chi connectivity index (χ3v) is 1.66. The Hall–Kier alpha value is 0.538. The average molecular weight is 290 g/mol. The summed E-state index contributed by atoms with van der Waals surface area (Å²) in [6.45, 7) is 2.09. The Morgan fingerprint density at radius 1 is 1.11 bits per heavy atom. The SMILES string of the molecule is Cc1ccc([SeH])cc1.[Sn]. The fourth-order valence-electron chi connectivity index (χ4n) is 0.545. The van der Waals surface area contributed by atoms with Crippen LogP contribution in [0.1, 0.15) is 5.56 Å². The molecule has 4 radical (unpaired) electrons. The van der Waals surface area contributed by atoms with Gasteiger partial charge in [-0.25, -0.2) is 0 Å². The van der Waals surface area contributed by atoms with Crippen molar-refractivity contribution in [2.75, 3.05) is 0 Å². The monoisotopic (exact) mass is 292 g/mol. The first-order valence-corrected chi connectivity index (χ1v) is 3.48. The maximum Gasteiger partial charge on any atom is 0 e. The van der Waals surface area contributed by atoms with Gasteiger partial charge in [0.05, 0.1) is 0 Å². The molecule has 1 aromatic rings. The molecule has 0 aliphatic rings. The molecule has 1 aromatic carbocycles. The third kappa shape index (κ3) is 3.29. The van der Waals surface area contributed by atoms with Crippen LogP contribution in [0.5, 0.6) is 0 Å². The summed E-state index contributed by atoms with van der Waals surface area (Å²) in [6, 6.07) is 8.39. The summed E-state index contributed by atoms with van der Waals surface area (Å²) in [6.07, 6.45) is 0. The molecule has 46 valence electrons. The van der Waals surface area contributed by atoms with Crippen LogP contribution >= 0.6 is 0 Å². The summed E-state index contributed by atoms with van der Waals surface area (Å²) in [5.41, 5.74) is 1.32. The Morgan fingerprint density at radius 2 is 1.56 bits per heavy atom. The summed E-state index contributed by atoms with van der Waals surface area (Å²) in [5, 5.41) is 0. The van der Waals surface area contributed by atoms with E-state index in [1.165, 1.54) is 10.0 Å². The van der Waals surface area contributed by atoms with E-state index in [9.17, 15) is 0 Å². The van der Waals surface area contributed by atoms with Crippen molar-refractivity contribution in [3.05, 3.63) is 29.8 Å². The van der Waals surface area contributed by atoms with Crippen LogP contribution in [0.25, 0.3) is 0 Å². The number of hydrogen-bond donors (Lipinski definition) is 0. The quantitative estimate of drug-likeness (QED) is 0.596. The first-order chi connectivity index (χ1) is 3.79. The van der Waals surface area contributed by atoms with Crippen molar-refractivity contribution in [3.8, 4) is 0 Å². The Balaban J connectivity index is 0.000000640. The van der Waals surface area contributed by atoms with Gasteiger partial charge < -0.3 is 0 Å². The van der Waals surface area contributed by atoms with Crippen molar-refractivity contribution >= 4 is 44.4 Å². The molecule has 0 amide bonds. The predicted octanol–water partition coefficient (Wildman–Crippen LogP) is 0.140. The molecule has 0 fully saturated rings. The van der Waals surface area contributed by atoms with Gasteiger partial charge in [0.25, 0.3) is 0 Å². The topological polar surface area (TPSA) is 0 Å². The van der Waals surface area contributed by atoms with Crippen LogP contribution < -0.4 is 4.46 Å². The van der Waals surface area contributed by atoms with Crippen LogP contribution in [-0.2, 0) is 0 Å². The van der Waals surface area contributed by atoms with E-state index in [1.54, 1.807) is 0 Å². The molecule has 9 heavy (non-hydrogen) atoms. The first kappa shape index (κ1) is 9.54. The minimum Gasteiger partial charge on any atom is 0 e. The molecule has 0 aromatic heterocycles. The Labute approximate surface area is 80.8 Å². The van der Waals surface area contributed by atoms with Crippen molar-refractivity contribution in [1.82, 2.24) is 0 Å². The fourth-order valence-corrected chi connectivity index (χ4v) is 0.858. The second-order valence-electron chi connectivity index (χ2n) is 1.84. The van der Waals surface area contributed by atoms with Gasteiger partial charge in [-0.15, -0.1) is 0 Å². The molecule has 0 N–H and O–H groups in total. The zero-order valence-corrected chi connectivity index (χ0v) is 9.99. The molecule has 0 unspecified atom stereocenters. The Morgan fingerprint density at radius 3 is 1.89 bits per heavy atom. The largest absolute Gasteiger partial charge is 0 e. The van der Waals surface area contributed by atoms with Gasteiger partial charge in [0.1, 0.15) is 0 Å². The summed E-state index contributed by atoms with van der Waals surface area (Å²) >= 11 is 2.51. The van der Waals surface area contributed by atoms with Gasteiger partial charge in [-0.05, 0) is 0 Å².